The van der Waals surface area contributed by atoms with Gasteiger partial charge >= 0.3 is 0 Å². The predicted octanol–water partition coefficient (Wildman–Crippen LogP) is 1.69. The second-order valence-corrected chi connectivity index (χ2v) is 7.53. The van der Waals surface area contributed by atoms with Crippen LogP contribution in [0.5, 0.6) is 0 Å². The quantitative estimate of drug-likeness (QED) is 0.850. The van der Waals surface area contributed by atoms with Gasteiger partial charge in [-0.25, -0.2) is 8.42 Å². The van der Waals surface area contributed by atoms with Gasteiger partial charge in [0.15, 0.2) is 0 Å². The minimum Gasteiger partial charge on any atom is -0.341 e. The highest BCUT2D eigenvalue weighted by Gasteiger charge is 2.25. The third-order valence-electron chi connectivity index (χ3n) is 3.92. The number of amides is 1. The molecule has 1 amide bonds. The smallest absolute Gasteiger partial charge is 0.243 e. The van der Waals surface area contributed by atoms with Crippen molar-refractivity contribution in [3.63, 3.8) is 0 Å². The van der Waals surface area contributed by atoms with E-state index in [4.69, 9.17) is 0 Å². The summed E-state index contributed by atoms with van der Waals surface area (Å²) in [5.74, 6) is -0.129. The molecule has 0 aromatic heterocycles. The summed E-state index contributed by atoms with van der Waals surface area (Å²) >= 11 is 0. The number of likely N-dealkylation sites (tertiary alicyclic amines) is 1. The van der Waals surface area contributed by atoms with E-state index >= 15 is 0 Å². The van der Waals surface area contributed by atoms with Gasteiger partial charge in [-0.1, -0.05) is 6.07 Å². The highest BCUT2D eigenvalue weighted by Crippen LogP contribution is 2.21. The van der Waals surface area contributed by atoms with Crippen LogP contribution in [0.25, 0.3) is 0 Å². The molecule has 0 bridgehead atoms. The van der Waals surface area contributed by atoms with Crippen molar-refractivity contribution in [3.8, 4) is 0 Å². The topological polar surface area (TPSA) is 57.7 Å². The second kappa shape index (κ2) is 6.05. The first-order valence-corrected chi connectivity index (χ1v) is 8.96. The van der Waals surface area contributed by atoms with E-state index in [0.29, 0.717) is 5.69 Å². The molecule has 0 aliphatic carbocycles. The summed E-state index contributed by atoms with van der Waals surface area (Å²) in [7, 11) is -3.49. The molecule has 1 heterocycles. The Bertz CT molecular complexity index is 634. The summed E-state index contributed by atoms with van der Waals surface area (Å²) in [5, 5.41) is 0. The molecule has 1 aromatic carbocycles. The van der Waals surface area contributed by atoms with Gasteiger partial charge in [-0.2, -0.15) is 0 Å². The van der Waals surface area contributed by atoms with Gasteiger partial charge in [-0.3, -0.25) is 9.10 Å². The van der Waals surface area contributed by atoms with Gasteiger partial charge in [0.2, 0.25) is 15.9 Å². The minimum absolute atomic E-state index is 0.124. The summed E-state index contributed by atoms with van der Waals surface area (Å²) in [5.41, 5.74) is 2.65. The largest absolute Gasteiger partial charge is 0.341 e. The van der Waals surface area contributed by atoms with Crippen molar-refractivity contribution >= 4 is 21.6 Å². The van der Waals surface area contributed by atoms with E-state index in [1.165, 1.54) is 4.31 Å². The van der Waals surface area contributed by atoms with Gasteiger partial charge < -0.3 is 4.90 Å². The van der Waals surface area contributed by atoms with E-state index in [1.54, 1.807) is 11.0 Å². The maximum atomic E-state index is 12.2. The van der Waals surface area contributed by atoms with E-state index in [-0.39, 0.29) is 12.5 Å². The first-order chi connectivity index (χ1) is 9.79. The van der Waals surface area contributed by atoms with Crippen LogP contribution in [0, 0.1) is 13.8 Å². The van der Waals surface area contributed by atoms with Crippen LogP contribution in [0.4, 0.5) is 5.69 Å². The molecule has 0 radical (unpaired) electrons. The van der Waals surface area contributed by atoms with Crippen molar-refractivity contribution in [3.05, 3.63) is 29.3 Å². The Morgan fingerprint density at radius 1 is 1.19 bits per heavy atom. The highest BCUT2D eigenvalue weighted by atomic mass is 32.2. The lowest BCUT2D eigenvalue weighted by Gasteiger charge is -2.25. The molecule has 1 aliphatic heterocycles. The third kappa shape index (κ3) is 3.75. The third-order valence-corrected chi connectivity index (χ3v) is 5.06. The Morgan fingerprint density at radius 3 is 2.33 bits per heavy atom. The Labute approximate surface area is 126 Å². The molecule has 1 saturated heterocycles. The van der Waals surface area contributed by atoms with Crippen molar-refractivity contribution in [2.45, 2.75) is 26.7 Å². The Morgan fingerprint density at radius 2 is 1.81 bits per heavy atom. The summed E-state index contributed by atoms with van der Waals surface area (Å²) in [4.78, 5) is 14.0. The molecule has 0 spiro atoms. The molecule has 116 valence electrons. The first-order valence-electron chi connectivity index (χ1n) is 7.12. The summed E-state index contributed by atoms with van der Waals surface area (Å²) < 4.78 is 25.3. The molecule has 1 aromatic rings. The van der Waals surface area contributed by atoms with Crippen LogP contribution in [0.1, 0.15) is 24.0 Å². The van der Waals surface area contributed by atoms with Gasteiger partial charge in [0.1, 0.15) is 6.54 Å². The average Bonchev–Trinajstić information content (AvgIpc) is 2.92. The van der Waals surface area contributed by atoms with Crippen LogP contribution < -0.4 is 4.31 Å². The monoisotopic (exact) mass is 310 g/mol. The van der Waals surface area contributed by atoms with Gasteiger partial charge in [0, 0.05) is 13.1 Å². The number of rotatable bonds is 4. The number of carbonyl (C=O) groups is 1. The lowest BCUT2D eigenvalue weighted by molar-refractivity contribution is -0.128. The predicted molar refractivity (Wildman–Crippen MR) is 83.9 cm³/mol. The highest BCUT2D eigenvalue weighted by molar-refractivity contribution is 7.92. The van der Waals surface area contributed by atoms with Crippen molar-refractivity contribution < 1.29 is 13.2 Å². The Kier molecular flexibility index (Phi) is 4.56. The molecule has 1 aliphatic rings. The molecule has 0 unspecified atom stereocenters. The van der Waals surface area contributed by atoms with E-state index < -0.39 is 10.0 Å². The number of sulfonamides is 1. The van der Waals surface area contributed by atoms with E-state index in [2.05, 4.69) is 0 Å². The number of nitrogens with zero attached hydrogens (tertiary/aromatic N) is 2. The van der Waals surface area contributed by atoms with E-state index in [1.807, 2.05) is 26.0 Å². The molecule has 5 nitrogen and oxygen atoms in total. The summed E-state index contributed by atoms with van der Waals surface area (Å²) in [6.07, 6.45) is 3.13. The molecular weight excluding hydrogens is 288 g/mol. The molecule has 21 heavy (non-hydrogen) atoms. The van der Waals surface area contributed by atoms with Crippen LogP contribution in [-0.4, -0.2) is 45.1 Å². The fourth-order valence-corrected chi connectivity index (χ4v) is 3.31. The number of anilines is 1. The zero-order valence-corrected chi connectivity index (χ0v) is 13.6. The normalized spacial score (nSPS) is 15.3. The van der Waals surface area contributed by atoms with Crippen molar-refractivity contribution in [1.82, 2.24) is 4.90 Å². The van der Waals surface area contributed by atoms with E-state index in [9.17, 15) is 13.2 Å². The lowest BCUT2D eigenvalue weighted by atomic mass is 10.1. The maximum Gasteiger partial charge on any atom is 0.243 e. The zero-order chi connectivity index (χ0) is 15.6. The van der Waals surface area contributed by atoms with Crippen molar-refractivity contribution in [2.24, 2.45) is 0 Å². The number of hydrogen-bond acceptors (Lipinski definition) is 3. The van der Waals surface area contributed by atoms with Crippen LogP contribution in [0.3, 0.4) is 0 Å². The molecular formula is C15H22N2O3S. The van der Waals surface area contributed by atoms with Crippen molar-refractivity contribution in [1.29, 1.82) is 0 Å². The first kappa shape index (κ1) is 15.8. The fraction of sp³-hybridized carbons (Fsp3) is 0.533. The molecule has 0 atom stereocenters. The standard InChI is InChI=1S/C15H22N2O3S/c1-12-6-7-14(10-13(12)2)17(21(3,19)20)11-15(18)16-8-4-5-9-16/h6-7,10H,4-5,8-9,11H2,1-3H3. The van der Waals surface area contributed by atoms with Crippen LogP contribution in [0.2, 0.25) is 0 Å². The Hall–Kier alpha value is -1.56. The van der Waals surface area contributed by atoms with Gasteiger partial charge in [-0.15, -0.1) is 0 Å². The minimum atomic E-state index is -3.49. The van der Waals surface area contributed by atoms with Gasteiger partial charge in [0.25, 0.3) is 0 Å². The number of aryl methyl sites for hydroxylation is 2. The average molecular weight is 310 g/mol. The van der Waals surface area contributed by atoms with E-state index in [0.717, 1.165) is 43.3 Å². The maximum absolute atomic E-state index is 12.2. The van der Waals surface area contributed by atoms with Crippen LogP contribution >= 0.6 is 0 Å². The van der Waals surface area contributed by atoms with Crippen LogP contribution in [-0.2, 0) is 14.8 Å². The molecule has 0 N–H and O–H groups in total. The Balaban J connectivity index is 2.26. The summed E-state index contributed by atoms with van der Waals surface area (Å²) in [6.45, 7) is 5.23. The number of hydrogen-bond donors (Lipinski definition) is 0. The van der Waals surface area contributed by atoms with Gasteiger partial charge in [0.05, 0.1) is 11.9 Å². The number of carbonyl (C=O) groups excluding carboxylic acids is 1. The van der Waals surface area contributed by atoms with Crippen LogP contribution in [0.15, 0.2) is 18.2 Å². The SMILES string of the molecule is Cc1ccc(N(CC(=O)N2CCCC2)S(C)(=O)=O)cc1C. The van der Waals surface area contributed by atoms with Crippen molar-refractivity contribution in [2.75, 3.05) is 30.2 Å². The zero-order valence-electron chi connectivity index (χ0n) is 12.8. The summed E-state index contributed by atoms with van der Waals surface area (Å²) in [6, 6.07) is 5.44. The molecule has 1 fully saturated rings. The fourth-order valence-electron chi connectivity index (χ4n) is 2.47. The van der Waals surface area contributed by atoms with Gasteiger partial charge in [-0.05, 0) is 49.9 Å². The second-order valence-electron chi connectivity index (χ2n) is 5.63. The lowest BCUT2D eigenvalue weighted by Crippen LogP contribution is -2.41. The molecule has 6 heteroatoms. The molecule has 0 saturated carbocycles. The molecule has 2 rings (SSSR count). The number of benzene rings is 1.